The molecule has 0 radical (unpaired) electrons. The molecular weight excluding hydrogens is 412 g/mol. The Morgan fingerprint density at radius 3 is 2.07 bits per heavy atom. The van der Waals surface area contributed by atoms with Gasteiger partial charge in [-0.1, -0.05) is 5.04 Å². The van der Waals surface area contributed by atoms with Gasteiger partial charge >= 0.3 is 23.1 Å². The van der Waals surface area contributed by atoms with Crippen LogP contribution in [-0.4, -0.2) is 40.6 Å². The monoisotopic (exact) mass is 432 g/mol. The molecule has 0 aromatic carbocycles. The maximum absolute atomic E-state index is 14.0. The van der Waals surface area contributed by atoms with E-state index in [1.54, 1.807) is 6.92 Å². The second-order valence-electron chi connectivity index (χ2n) is 7.86. The van der Waals surface area contributed by atoms with Crippen LogP contribution >= 0.6 is 12.0 Å². The number of carbonyl (C=O) groups excluding carboxylic acids is 2. The lowest BCUT2D eigenvalue weighted by atomic mass is 9.50. The molecule has 0 saturated heterocycles. The van der Waals surface area contributed by atoms with Gasteiger partial charge in [0.1, 0.15) is 5.60 Å². The van der Waals surface area contributed by atoms with E-state index in [1.165, 1.54) is 6.42 Å². The minimum atomic E-state index is -5.75. The smallest absolute Gasteiger partial charge is 0.446 e. The van der Waals surface area contributed by atoms with Crippen LogP contribution in [0.3, 0.4) is 0 Å². The van der Waals surface area contributed by atoms with Crippen LogP contribution in [0.25, 0.3) is 0 Å². The molecule has 7 nitrogen and oxygen atoms in total. The molecule has 0 aromatic heterocycles. The summed E-state index contributed by atoms with van der Waals surface area (Å²) in [6.45, 7) is 0.625. The van der Waals surface area contributed by atoms with Gasteiger partial charge in [-0.15, -0.1) is 4.33 Å². The van der Waals surface area contributed by atoms with Gasteiger partial charge in [0.15, 0.2) is 6.61 Å². The van der Waals surface area contributed by atoms with Gasteiger partial charge in [0.25, 0.3) is 0 Å². The van der Waals surface area contributed by atoms with Crippen molar-refractivity contribution in [2.24, 2.45) is 23.7 Å². The third-order valence-electron chi connectivity index (χ3n) is 6.22. The molecule has 160 valence electrons. The molecule has 0 amide bonds. The number of ether oxygens (including phenoxy) is 2. The molecule has 4 aliphatic carbocycles. The van der Waals surface area contributed by atoms with Crippen LogP contribution in [0.15, 0.2) is 0 Å². The first-order valence-corrected chi connectivity index (χ1v) is 9.54. The van der Waals surface area contributed by atoms with E-state index in [9.17, 15) is 27.2 Å². The standard InChI is InChI=1S/C16H20F4O7S/c1-14(10-3-8-2-9(5-10)6-11(14)4-8)25-12(21)7-24-13(22)15(17,16(18,19)20)28-27-26-23/h8-11,23H,2-7H2,1H3. The fourth-order valence-electron chi connectivity index (χ4n) is 5.04. The van der Waals surface area contributed by atoms with Gasteiger partial charge < -0.3 is 9.47 Å². The molecule has 1 unspecified atom stereocenters. The van der Waals surface area contributed by atoms with Crippen molar-refractivity contribution in [1.82, 2.24) is 0 Å². The van der Waals surface area contributed by atoms with Gasteiger partial charge in [0.05, 0.1) is 12.0 Å². The van der Waals surface area contributed by atoms with Crippen LogP contribution in [0.2, 0.25) is 0 Å². The molecule has 4 aliphatic rings. The Morgan fingerprint density at radius 2 is 1.61 bits per heavy atom. The number of halogens is 4. The SMILES string of the molecule is CC1(OC(=O)COC(=O)C(F)(SOOO)C(F)(F)F)C2CC3CC(C2)CC1C3. The molecule has 28 heavy (non-hydrogen) atoms. The summed E-state index contributed by atoms with van der Waals surface area (Å²) in [4.78, 5) is 23.7. The van der Waals surface area contributed by atoms with Crippen molar-refractivity contribution >= 4 is 24.0 Å². The summed E-state index contributed by atoms with van der Waals surface area (Å²) in [5.74, 6) is -1.94. The van der Waals surface area contributed by atoms with Crippen LogP contribution in [0, 0.1) is 23.7 Å². The van der Waals surface area contributed by atoms with Crippen molar-refractivity contribution in [1.29, 1.82) is 0 Å². The van der Waals surface area contributed by atoms with E-state index in [2.05, 4.69) is 14.1 Å². The third-order valence-corrected chi connectivity index (χ3v) is 6.98. The van der Waals surface area contributed by atoms with E-state index in [0.717, 1.165) is 25.7 Å². The Bertz CT molecular complexity index is 601. The average Bonchev–Trinajstić information content (AvgIpc) is 2.60. The van der Waals surface area contributed by atoms with Gasteiger partial charge in [-0.25, -0.2) is 19.2 Å². The van der Waals surface area contributed by atoms with E-state index in [4.69, 9.17) is 9.99 Å². The zero-order chi connectivity index (χ0) is 20.7. The quantitative estimate of drug-likeness (QED) is 0.215. The van der Waals surface area contributed by atoms with Gasteiger partial charge in [0.2, 0.25) is 0 Å². The molecule has 1 N–H and O–H groups in total. The fraction of sp³-hybridized carbons (Fsp3) is 0.875. The minimum absolute atomic E-state index is 0.157. The lowest BCUT2D eigenvalue weighted by Gasteiger charge is -2.59. The van der Waals surface area contributed by atoms with E-state index >= 15 is 0 Å². The second kappa shape index (κ2) is 7.62. The number of hydrogen-bond donors (Lipinski definition) is 1. The first-order chi connectivity index (χ1) is 13.0. The Hall–Kier alpha value is -1.11. The molecule has 0 aliphatic heterocycles. The summed E-state index contributed by atoms with van der Waals surface area (Å²) in [5.41, 5.74) is -0.768. The van der Waals surface area contributed by atoms with Gasteiger partial charge in [-0.2, -0.15) is 13.2 Å². The molecule has 4 fully saturated rings. The van der Waals surface area contributed by atoms with Crippen molar-refractivity contribution in [3.63, 3.8) is 0 Å². The Kier molecular flexibility index (Phi) is 5.87. The lowest BCUT2D eigenvalue weighted by molar-refractivity contribution is -0.433. The number of carbonyl (C=O) groups is 2. The van der Waals surface area contributed by atoms with Crippen LogP contribution in [0.1, 0.15) is 39.0 Å². The van der Waals surface area contributed by atoms with Crippen molar-refractivity contribution in [2.75, 3.05) is 6.61 Å². The highest BCUT2D eigenvalue weighted by Crippen LogP contribution is 2.59. The largest absolute Gasteiger partial charge is 0.456 e. The predicted molar refractivity (Wildman–Crippen MR) is 84.8 cm³/mol. The number of hydrogen-bond acceptors (Lipinski definition) is 8. The van der Waals surface area contributed by atoms with Crippen molar-refractivity contribution in [2.45, 2.75) is 55.8 Å². The fourth-order valence-corrected chi connectivity index (χ4v) is 5.38. The molecular formula is C16H20F4O7S. The molecule has 0 spiro atoms. The number of alkyl halides is 4. The Balaban J connectivity index is 1.58. The molecule has 4 saturated carbocycles. The highest BCUT2D eigenvalue weighted by atomic mass is 32.2. The molecule has 0 heterocycles. The summed E-state index contributed by atoms with van der Waals surface area (Å²) >= 11 is -1.15. The first kappa shape index (κ1) is 21.6. The summed E-state index contributed by atoms with van der Waals surface area (Å²) < 4.78 is 65.5. The van der Waals surface area contributed by atoms with Crippen LogP contribution in [0.4, 0.5) is 17.6 Å². The lowest BCUT2D eigenvalue weighted by Crippen LogP contribution is -2.58. The molecule has 4 rings (SSSR count). The normalized spacial score (nSPS) is 36.1. The van der Waals surface area contributed by atoms with E-state index in [-0.39, 0.29) is 11.8 Å². The van der Waals surface area contributed by atoms with Crippen LogP contribution < -0.4 is 0 Å². The Labute approximate surface area is 162 Å². The average molecular weight is 432 g/mol. The molecule has 12 heteroatoms. The van der Waals surface area contributed by atoms with E-state index < -0.39 is 47.4 Å². The van der Waals surface area contributed by atoms with Crippen molar-refractivity contribution < 1.29 is 51.3 Å². The number of esters is 2. The highest BCUT2D eigenvalue weighted by molar-refractivity contribution is 7.96. The minimum Gasteiger partial charge on any atom is -0.456 e. The zero-order valence-corrected chi connectivity index (χ0v) is 15.7. The molecule has 4 bridgehead atoms. The van der Waals surface area contributed by atoms with Crippen LogP contribution in [-0.2, 0) is 28.4 Å². The summed E-state index contributed by atoms with van der Waals surface area (Å²) in [7, 11) is 0. The van der Waals surface area contributed by atoms with Gasteiger partial charge in [-0.3, -0.25) is 0 Å². The zero-order valence-electron chi connectivity index (χ0n) is 14.9. The molecule has 0 aromatic rings. The maximum Gasteiger partial charge on any atom is 0.446 e. The van der Waals surface area contributed by atoms with Gasteiger partial charge in [0, 0.05) is 0 Å². The molecule has 1 atom stereocenters. The Morgan fingerprint density at radius 1 is 1.07 bits per heavy atom. The summed E-state index contributed by atoms with van der Waals surface area (Å²) in [6, 6.07) is 0. The van der Waals surface area contributed by atoms with Crippen molar-refractivity contribution in [3.05, 3.63) is 0 Å². The van der Waals surface area contributed by atoms with Gasteiger partial charge in [-0.05, 0) is 62.7 Å². The first-order valence-electron chi connectivity index (χ1n) is 8.80. The number of rotatable bonds is 7. The third kappa shape index (κ3) is 3.83. The second-order valence-corrected chi connectivity index (χ2v) is 8.72. The summed E-state index contributed by atoms with van der Waals surface area (Å²) in [6.07, 6.45) is -0.867. The van der Waals surface area contributed by atoms with Crippen LogP contribution in [0.5, 0.6) is 0 Å². The van der Waals surface area contributed by atoms with E-state index in [1.807, 2.05) is 0 Å². The summed E-state index contributed by atoms with van der Waals surface area (Å²) in [5, 5.41) is 6.11. The van der Waals surface area contributed by atoms with Crippen molar-refractivity contribution in [3.8, 4) is 0 Å². The predicted octanol–water partition coefficient (Wildman–Crippen LogP) is 3.59. The highest BCUT2D eigenvalue weighted by Gasteiger charge is 2.66. The van der Waals surface area contributed by atoms with E-state index in [0.29, 0.717) is 11.8 Å². The maximum atomic E-state index is 14.0. The topological polar surface area (TPSA) is 91.3 Å².